The van der Waals surface area contributed by atoms with Crippen LogP contribution < -0.4 is 10.1 Å². The number of nitrogens with zero attached hydrogens (tertiary/aromatic N) is 1. The summed E-state index contributed by atoms with van der Waals surface area (Å²) < 4.78 is 18.9. The van der Waals surface area contributed by atoms with E-state index in [1.807, 2.05) is 12.1 Å². The quantitative estimate of drug-likeness (QED) is 0.876. The third-order valence-electron chi connectivity index (χ3n) is 3.16. The summed E-state index contributed by atoms with van der Waals surface area (Å²) in [4.78, 5) is 3.93. The number of nitrogens with one attached hydrogen (secondary N) is 1. The van der Waals surface area contributed by atoms with Gasteiger partial charge in [-0.15, -0.1) is 0 Å². The average molecular weight is 309 g/mol. The Labute approximate surface area is 129 Å². The zero-order valence-corrected chi connectivity index (χ0v) is 12.8. The lowest BCUT2D eigenvalue weighted by Crippen LogP contribution is -2.24. The molecule has 112 valence electrons. The molecule has 1 atom stereocenters. The van der Waals surface area contributed by atoms with Gasteiger partial charge in [0.1, 0.15) is 11.6 Å². The summed E-state index contributed by atoms with van der Waals surface area (Å²) in [6.07, 6.45) is 3.80. The van der Waals surface area contributed by atoms with Gasteiger partial charge in [0, 0.05) is 16.8 Å². The predicted octanol–water partition coefficient (Wildman–Crippen LogP) is 3.97. The number of pyridine rings is 1. The molecule has 0 amide bonds. The van der Waals surface area contributed by atoms with Crippen molar-refractivity contribution in [3.05, 3.63) is 58.6 Å². The normalized spacial score (nSPS) is 12.2. The fraction of sp³-hybridized carbons (Fsp3) is 0.312. The molecule has 1 heterocycles. The third kappa shape index (κ3) is 3.93. The van der Waals surface area contributed by atoms with E-state index in [9.17, 15) is 4.39 Å². The number of hydrogen-bond acceptors (Lipinski definition) is 3. The van der Waals surface area contributed by atoms with Crippen LogP contribution in [0, 0.1) is 5.82 Å². The molecule has 0 aliphatic rings. The smallest absolute Gasteiger partial charge is 0.141 e. The summed E-state index contributed by atoms with van der Waals surface area (Å²) >= 11 is 6.10. The molecule has 0 fully saturated rings. The summed E-state index contributed by atoms with van der Waals surface area (Å²) in [5.41, 5.74) is 1.61. The fourth-order valence-corrected chi connectivity index (χ4v) is 2.39. The molecule has 1 aromatic heterocycles. The molecule has 0 saturated carbocycles. The Balaban J connectivity index is 2.47. The first-order chi connectivity index (χ1) is 10.2. The van der Waals surface area contributed by atoms with E-state index < -0.39 is 0 Å². The van der Waals surface area contributed by atoms with E-state index >= 15 is 0 Å². The van der Waals surface area contributed by atoms with Crippen LogP contribution in [0.4, 0.5) is 4.39 Å². The van der Waals surface area contributed by atoms with Crippen molar-refractivity contribution in [2.24, 2.45) is 0 Å². The van der Waals surface area contributed by atoms with Crippen molar-refractivity contribution >= 4 is 11.6 Å². The van der Waals surface area contributed by atoms with Crippen LogP contribution in [0.5, 0.6) is 5.75 Å². The molecule has 0 saturated heterocycles. The fourth-order valence-electron chi connectivity index (χ4n) is 2.21. The molecular weight excluding hydrogens is 291 g/mol. The Morgan fingerprint density at radius 2 is 2.14 bits per heavy atom. The zero-order chi connectivity index (χ0) is 15.2. The van der Waals surface area contributed by atoms with E-state index in [-0.39, 0.29) is 11.9 Å². The van der Waals surface area contributed by atoms with Crippen molar-refractivity contribution in [3.63, 3.8) is 0 Å². The molecule has 5 heteroatoms. The van der Waals surface area contributed by atoms with Gasteiger partial charge in [0.05, 0.1) is 19.3 Å². The molecule has 2 aromatic rings. The van der Waals surface area contributed by atoms with Gasteiger partial charge in [-0.2, -0.15) is 0 Å². The van der Waals surface area contributed by atoms with Crippen LogP contribution in [0.3, 0.4) is 0 Å². The number of rotatable bonds is 6. The first kappa shape index (κ1) is 15.7. The minimum atomic E-state index is -0.364. The standard InChI is InChI=1S/C16H18ClFN2O/c1-3-6-20-16(11-7-13(18)10-19-9-11)14-8-12(17)4-5-15(14)21-2/h4-5,7-10,16,20H,3,6H2,1-2H3. The molecule has 0 spiro atoms. The minimum absolute atomic E-state index is 0.221. The van der Waals surface area contributed by atoms with Crippen LogP contribution in [-0.4, -0.2) is 18.6 Å². The van der Waals surface area contributed by atoms with Crippen LogP contribution in [0.1, 0.15) is 30.5 Å². The maximum atomic E-state index is 13.5. The zero-order valence-electron chi connectivity index (χ0n) is 12.1. The second-order valence-corrected chi connectivity index (χ2v) is 5.15. The molecule has 1 N–H and O–H groups in total. The molecule has 2 rings (SSSR count). The van der Waals surface area contributed by atoms with Crippen molar-refractivity contribution in [2.45, 2.75) is 19.4 Å². The molecule has 0 bridgehead atoms. The van der Waals surface area contributed by atoms with Gasteiger partial charge in [0.15, 0.2) is 0 Å². The van der Waals surface area contributed by atoms with Gasteiger partial charge < -0.3 is 10.1 Å². The third-order valence-corrected chi connectivity index (χ3v) is 3.40. The molecule has 0 aliphatic heterocycles. The van der Waals surface area contributed by atoms with Crippen molar-refractivity contribution < 1.29 is 9.13 Å². The summed E-state index contributed by atoms with van der Waals surface area (Å²) in [6, 6.07) is 6.66. The van der Waals surface area contributed by atoms with Gasteiger partial charge in [-0.3, -0.25) is 4.98 Å². The van der Waals surface area contributed by atoms with E-state index in [0.29, 0.717) is 10.8 Å². The molecule has 0 radical (unpaired) electrons. The Bertz CT molecular complexity index is 607. The summed E-state index contributed by atoms with van der Waals surface area (Å²) in [6.45, 7) is 2.86. The Hall–Kier alpha value is -1.65. The Kier molecular flexibility index (Phi) is 5.53. The number of halogens is 2. The summed E-state index contributed by atoms with van der Waals surface area (Å²) in [7, 11) is 1.60. The van der Waals surface area contributed by atoms with Gasteiger partial charge in [0.25, 0.3) is 0 Å². The molecular formula is C16H18ClFN2O. The summed E-state index contributed by atoms with van der Waals surface area (Å²) in [5, 5.41) is 4.00. The largest absolute Gasteiger partial charge is 0.496 e. The topological polar surface area (TPSA) is 34.2 Å². The molecule has 21 heavy (non-hydrogen) atoms. The first-order valence-corrected chi connectivity index (χ1v) is 7.20. The molecule has 1 aromatic carbocycles. The second kappa shape index (κ2) is 7.38. The highest BCUT2D eigenvalue weighted by Crippen LogP contribution is 2.32. The van der Waals surface area contributed by atoms with Gasteiger partial charge in [-0.1, -0.05) is 18.5 Å². The number of methoxy groups -OCH3 is 1. The van der Waals surface area contributed by atoms with Crippen molar-refractivity contribution in [1.29, 1.82) is 0 Å². The van der Waals surface area contributed by atoms with Crippen molar-refractivity contribution in [2.75, 3.05) is 13.7 Å². The lowest BCUT2D eigenvalue weighted by atomic mass is 9.99. The maximum absolute atomic E-state index is 13.5. The van der Waals surface area contributed by atoms with Crippen LogP contribution in [0.2, 0.25) is 5.02 Å². The van der Waals surface area contributed by atoms with E-state index in [1.54, 1.807) is 19.4 Å². The van der Waals surface area contributed by atoms with Crippen LogP contribution in [-0.2, 0) is 0 Å². The Morgan fingerprint density at radius 1 is 1.33 bits per heavy atom. The second-order valence-electron chi connectivity index (χ2n) is 4.71. The summed E-state index contributed by atoms with van der Waals surface area (Å²) in [5.74, 6) is 0.342. The van der Waals surface area contributed by atoms with Gasteiger partial charge in [0.2, 0.25) is 0 Å². The highest BCUT2D eigenvalue weighted by atomic mass is 35.5. The van der Waals surface area contributed by atoms with Crippen LogP contribution in [0.25, 0.3) is 0 Å². The maximum Gasteiger partial charge on any atom is 0.141 e. The van der Waals surface area contributed by atoms with E-state index in [0.717, 1.165) is 24.1 Å². The van der Waals surface area contributed by atoms with E-state index in [1.165, 1.54) is 12.3 Å². The van der Waals surface area contributed by atoms with Crippen molar-refractivity contribution in [3.8, 4) is 5.75 Å². The average Bonchev–Trinajstić information content (AvgIpc) is 2.48. The number of benzene rings is 1. The molecule has 1 unspecified atom stereocenters. The highest BCUT2D eigenvalue weighted by Gasteiger charge is 2.19. The van der Waals surface area contributed by atoms with Gasteiger partial charge in [-0.25, -0.2) is 4.39 Å². The highest BCUT2D eigenvalue weighted by molar-refractivity contribution is 6.30. The monoisotopic (exact) mass is 308 g/mol. The molecule has 0 aliphatic carbocycles. The SMILES string of the molecule is CCCNC(c1cncc(F)c1)c1cc(Cl)ccc1OC. The lowest BCUT2D eigenvalue weighted by molar-refractivity contribution is 0.403. The van der Waals surface area contributed by atoms with Crippen LogP contribution in [0.15, 0.2) is 36.7 Å². The Morgan fingerprint density at radius 3 is 2.81 bits per heavy atom. The lowest BCUT2D eigenvalue weighted by Gasteiger charge is -2.21. The van der Waals surface area contributed by atoms with Crippen molar-refractivity contribution in [1.82, 2.24) is 10.3 Å². The number of aromatic nitrogens is 1. The van der Waals surface area contributed by atoms with E-state index in [4.69, 9.17) is 16.3 Å². The number of ether oxygens (including phenoxy) is 1. The van der Waals surface area contributed by atoms with Crippen LogP contribution >= 0.6 is 11.6 Å². The van der Waals surface area contributed by atoms with Gasteiger partial charge in [-0.05, 0) is 42.8 Å². The van der Waals surface area contributed by atoms with E-state index in [2.05, 4.69) is 17.2 Å². The predicted molar refractivity (Wildman–Crippen MR) is 82.3 cm³/mol. The minimum Gasteiger partial charge on any atom is -0.496 e. The molecule has 3 nitrogen and oxygen atoms in total. The van der Waals surface area contributed by atoms with Gasteiger partial charge >= 0.3 is 0 Å². The number of hydrogen-bond donors (Lipinski definition) is 1. The first-order valence-electron chi connectivity index (χ1n) is 6.83.